The molecule has 1 amide bonds. The molecule has 1 aromatic rings. The Balaban J connectivity index is 2.16. The maximum Gasteiger partial charge on any atom is 0.260 e. The van der Waals surface area contributed by atoms with Gasteiger partial charge in [0.2, 0.25) is 0 Å². The zero-order valence-corrected chi connectivity index (χ0v) is 15.3. The van der Waals surface area contributed by atoms with E-state index in [-0.39, 0.29) is 18.4 Å². The predicted octanol–water partition coefficient (Wildman–Crippen LogP) is 2.55. The number of hydrogen-bond acceptors (Lipinski definition) is 5. The average molecular weight is 346 g/mol. The van der Waals surface area contributed by atoms with Gasteiger partial charge in [-0.05, 0) is 50.3 Å². The summed E-state index contributed by atoms with van der Waals surface area (Å²) in [5.74, 6) is -0.0986. The average Bonchev–Trinajstić information content (AvgIpc) is 2.73. The highest BCUT2D eigenvalue weighted by Gasteiger charge is 2.53. The number of aryl methyl sites for hydroxylation is 3. The molecular formula is C19H26N2O4. The first-order chi connectivity index (χ1) is 11.8. The number of piperidine rings is 1. The molecule has 2 aliphatic heterocycles. The first-order valence-corrected chi connectivity index (χ1v) is 8.58. The lowest BCUT2D eigenvalue weighted by Gasteiger charge is -2.42. The minimum absolute atomic E-state index is 0.109. The maximum absolute atomic E-state index is 13.2. The summed E-state index contributed by atoms with van der Waals surface area (Å²) in [6, 6.07) is 4.05. The number of ether oxygens (including phenoxy) is 1. The van der Waals surface area contributed by atoms with E-state index in [4.69, 9.17) is 4.74 Å². The number of amides is 1. The van der Waals surface area contributed by atoms with Crippen LogP contribution in [0.2, 0.25) is 0 Å². The van der Waals surface area contributed by atoms with Crippen LogP contribution < -0.4 is 0 Å². The van der Waals surface area contributed by atoms with Crippen molar-refractivity contribution >= 4 is 11.5 Å². The Hall–Kier alpha value is -1.89. The molecule has 3 rings (SSSR count). The molecule has 1 spiro atoms. The maximum atomic E-state index is 13.2. The Morgan fingerprint density at radius 3 is 2.24 bits per heavy atom. The standard InChI is InChI=1S/C19H26N2O4/c1-12-9-13(2)15(14(3)10-12)16-17(22)19(5-7-20(24)8-6-19)21(11-25-4)18(16)23/h9-10,22,24H,5-8,11H2,1-4H3. The molecule has 0 atom stereocenters. The van der Waals surface area contributed by atoms with Gasteiger partial charge in [-0.15, -0.1) is 0 Å². The van der Waals surface area contributed by atoms with E-state index in [1.807, 2.05) is 32.9 Å². The SMILES string of the molecule is COCN1C(=O)C(c2c(C)cc(C)cc2C)=C(O)C12CCN(O)CC2. The van der Waals surface area contributed by atoms with E-state index in [0.717, 1.165) is 22.3 Å². The van der Waals surface area contributed by atoms with Crippen molar-refractivity contribution in [2.24, 2.45) is 0 Å². The van der Waals surface area contributed by atoms with Gasteiger partial charge in [-0.2, -0.15) is 5.06 Å². The van der Waals surface area contributed by atoms with Crippen LogP contribution in [0.5, 0.6) is 0 Å². The third kappa shape index (κ3) is 2.74. The van der Waals surface area contributed by atoms with E-state index in [0.29, 0.717) is 31.5 Å². The van der Waals surface area contributed by atoms with Gasteiger partial charge in [0.05, 0.1) is 5.57 Å². The Bertz CT molecular complexity index is 710. The first-order valence-electron chi connectivity index (χ1n) is 8.58. The molecule has 2 aliphatic rings. The van der Waals surface area contributed by atoms with Crippen molar-refractivity contribution in [1.29, 1.82) is 0 Å². The molecule has 6 heteroatoms. The molecule has 0 aliphatic carbocycles. The Morgan fingerprint density at radius 1 is 1.16 bits per heavy atom. The van der Waals surface area contributed by atoms with Crippen molar-refractivity contribution < 1.29 is 19.8 Å². The Kier molecular flexibility index (Phi) is 4.62. The molecule has 136 valence electrons. The molecule has 0 unspecified atom stereocenters. The summed E-state index contributed by atoms with van der Waals surface area (Å²) in [7, 11) is 1.54. The summed E-state index contributed by atoms with van der Waals surface area (Å²) in [6.07, 6.45) is 0.940. The van der Waals surface area contributed by atoms with Gasteiger partial charge in [-0.3, -0.25) is 4.79 Å². The van der Waals surface area contributed by atoms with Crippen LogP contribution in [0.3, 0.4) is 0 Å². The van der Waals surface area contributed by atoms with E-state index in [1.54, 1.807) is 12.0 Å². The van der Waals surface area contributed by atoms with Gasteiger partial charge in [-0.25, -0.2) is 0 Å². The second-order valence-corrected chi connectivity index (χ2v) is 7.13. The van der Waals surface area contributed by atoms with Crippen LogP contribution in [-0.4, -0.2) is 58.7 Å². The number of methoxy groups -OCH3 is 1. The fourth-order valence-corrected chi connectivity index (χ4v) is 4.27. The van der Waals surface area contributed by atoms with Crippen molar-refractivity contribution in [3.05, 3.63) is 40.1 Å². The van der Waals surface area contributed by atoms with E-state index in [9.17, 15) is 15.1 Å². The third-order valence-electron chi connectivity index (χ3n) is 5.41. The number of nitrogens with zero attached hydrogens (tertiary/aromatic N) is 2. The van der Waals surface area contributed by atoms with E-state index in [1.165, 1.54) is 5.06 Å². The number of aliphatic hydroxyl groups is 1. The summed E-state index contributed by atoms with van der Waals surface area (Å²) in [6.45, 7) is 6.86. The van der Waals surface area contributed by atoms with Crippen molar-refractivity contribution in [2.45, 2.75) is 39.2 Å². The normalized spacial score (nSPS) is 20.8. The monoisotopic (exact) mass is 346 g/mol. The van der Waals surface area contributed by atoms with E-state index < -0.39 is 5.54 Å². The molecule has 0 aromatic heterocycles. The second-order valence-electron chi connectivity index (χ2n) is 7.13. The smallest absolute Gasteiger partial charge is 0.260 e. The number of carbonyl (C=O) groups excluding carboxylic acids is 1. The fourth-order valence-electron chi connectivity index (χ4n) is 4.27. The number of aliphatic hydroxyl groups excluding tert-OH is 1. The number of hydrogen-bond donors (Lipinski definition) is 2. The lowest BCUT2D eigenvalue weighted by molar-refractivity contribution is -0.152. The van der Waals surface area contributed by atoms with Gasteiger partial charge >= 0.3 is 0 Å². The molecule has 1 fully saturated rings. The summed E-state index contributed by atoms with van der Waals surface area (Å²) < 4.78 is 5.25. The fraction of sp³-hybridized carbons (Fsp3) is 0.526. The zero-order chi connectivity index (χ0) is 18.4. The second kappa shape index (κ2) is 6.44. The predicted molar refractivity (Wildman–Crippen MR) is 94.2 cm³/mol. The largest absolute Gasteiger partial charge is 0.509 e. The Morgan fingerprint density at radius 2 is 1.72 bits per heavy atom. The minimum atomic E-state index is -0.800. The van der Waals surface area contributed by atoms with Crippen LogP contribution >= 0.6 is 0 Å². The van der Waals surface area contributed by atoms with Gasteiger partial charge in [0.1, 0.15) is 18.0 Å². The molecular weight excluding hydrogens is 320 g/mol. The molecule has 0 saturated carbocycles. The zero-order valence-electron chi connectivity index (χ0n) is 15.3. The van der Waals surface area contributed by atoms with Crippen molar-refractivity contribution in [3.63, 3.8) is 0 Å². The number of benzene rings is 1. The number of hydroxylamine groups is 2. The van der Waals surface area contributed by atoms with Crippen LogP contribution in [0.25, 0.3) is 5.57 Å². The number of rotatable bonds is 3. The molecule has 2 heterocycles. The minimum Gasteiger partial charge on any atom is -0.509 e. The summed E-state index contributed by atoms with van der Waals surface area (Å²) in [4.78, 5) is 14.8. The van der Waals surface area contributed by atoms with Crippen LogP contribution in [-0.2, 0) is 9.53 Å². The van der Waals surface area contributed by atoms with Gasteiger partial charge in [0.25, 0.3) is 5.91 Å². The number of carbonyl (C=O) groups is 1. The summed E-state index contributed by atoms with van der Waals surface area (Å²) in [5.41, 5.74) is 3.45. The van der Waals surface area contributed by atoms with Crippen LogP contribution in [0, 0.1) is 20.8 Å². The molecule has 6 nitrogen and oxygen atoms in total. The van der Waals surface area contributed by atoms with Crippen LogP contribution in [0.1, 0.15) is 35.1 Å². The lowest BCUT2D eigenvalue weighted by atomic mass is 9.84. The van der Waals surface area contributed by atoms with E-state index >= 15 is 0 Å². The van der Waals surface area contributed by atoms with E-state index in [2.05, 4.69) is 0 Å². The molecule has 0 bridgehead atoms. The molecule has 0 radical (unpaired) electrons. The Labute approximate surface area is 148 Å². The molecule has 1 aromatic carbocycles. The highest BCUT2D eigenvalue weighted by molar-refractivity contribution is 6.23. The summed E-state index contributed by atoms with van der Waals surface area (Å²) in [5, 5.41) is 22.1. The van der Waals surface area contributed by atoms with Gasteiger partial charge in [-0.1, -0.05) is 17.7 Å². The van der Waals surface area contributed by atoms with Gasteiger partial charge < -0.3 is 20.0 Å². The third-order valence-corrected chi connectivity index (χ3v) is 5.41. The molecule has 25 heavy (non-hydrogen) atoms. The molecule has 2 N–H and O–H groups in total. The summed E-state index contributed by atoms with van der Waals surface area (Å²) >= 11 is 0. The highest BCUT2D eigenvalue weighted by Crippen LogP contribution is 2.46. The van der Waals surface area contributed by atoms with Crippen molar-refractivity contribution in [2.75, 3.05) is 26.9 Å². The highest BCUT2D eigenvalue weighted by atomic mass is 16.5. The van der Waals surface area contributed by atoms with Gasteiger partial charge in [0, 0.05) is 20.2 Å². The van der Waals surface area contributed by atoms with Crippen molar-refractivity contribution in [1.82, 2.24) is 9.96 Å². The van der Waals surface area contributed by atoms with Crippen molar-refractivity contribution in [3.8, 4) is 0 Å². The quantitative estimate of drug-likeness (QED) is 0.880. The van der Waals surface area contributed by atoms with Gasteiger partial charge in [0.15, 0.2) is 0 Å². The van der Waals surface area contributed by atoms with Crippen LogP contribution in [0.15, 0.2) is 17.9 Å². The van der Waals surface area contributed by atoms with Crippen LogP contribution in [0.4, 0.5) is 0 Å². The first kappa shape index (κ1) is 17.9. The molecule has 1 saturated heterocycles. The lowest BCUT2D eigenvalue weighted by Crippen LogP contribution is -2.55. The topological polar surface area (TPSA) is 73.2 Å².